The summed E-state index contributed by atoms with van der Waals surface area (Å²) in [5.74, 6) is 0.496. The standard InChI is InChI=1S/C28H26N6O/c1-28(2,3)26(35)34(23-9-5-4-6-10-23)24-11-7-8-22(15-24)32-27-29-16-20-14-19(12-13-25(20)33-27)21-17-30-31-18-21/h4-18H,1-3H3,(H,30,31)(H,29,32,33). The first-order chi connectivity index (χ1) is 16.9. The minimum absolute atomic E-state index is 0.0104. The lowest BCUT2D eigenvalue weighted by molar-refractivity contribution is -0.125. The van der Waals surface area contributed by atoms with Gasteiger partial charge < -0.3 is 5.32 Å². The van der Waals surface area contributed by atoms with Crippen molar-refractivity contribution in [1.29, 1.82) is 0 Å². The summed E-state index contributed by atoms with van der Waals surface area (Å²) in [6, 6.07) is 23.4. The SMILES string of the molecule is CC(C)(C)C(=O)N(c1ccccc1)c1cccc(Nc2ncc3cc(-c4cn[nH]c4)ccc3n2)c1. The molecule has 0 bridgehead atoms. The summed E-state index contributed by atoms with van der Waals surface area (Å²) in [4.78, 5) is 24.3. The molecule has 0 atom stereocenters. The maximum Gasteiger partial charge on any atom is 0.236 e. The van der Waals surface area contributed by atoms with Crippen LogP contribution in [0, 0.1) is 5.41 Å². The van der Waals surface area contributed by atoms with Crippen molar-refractivity contribution in [3.8, 4) is 11.1 Å². The molecule has 1 amide bonds. The second kappa shape index (κ2) is 9.02. The zero-order valence-corrected chi connectivity index (χ0v) is 19.9. The smallest absolute Gasteiger partial charge is 0.236 e. The molecule has 7 nitrogen and oxygen atoms in total. The van der Waals surface area contributed by atoms with Crippen molar-refractivity contribution in [3.63, 3.8) is 0 Å². The Bertz CT molecular complexity index is 1470. The van der Waals surface area contributed by atoms with Crippen LogP contribution in [0.15, 0.2) is 91.4 Å². The van der Waals surface area contributed by atoms with Crippen LogP contribution in [0.3, 0.4) is 0 Å². The van der Waals surface area contributed by atoms with E-state index in [4.69, 9.17) is 0 Å². The van der Waals surface area contributed by atoms with Gasteiger partial charge in [0.2, 0.25) is 11.9 Å². The van der Waals surface area contributed by atoms with Gasteiger partial charge in [0.15, 0.2) is 0 Å². The van der Waals surface area contributed by atoms with Gasteiger partial charge in [-0.25, -0.2) is 9.97 Å². The maximum atomic E-state index is 13.4. The number of rotatable bonds is 5. The van der Waals surface area contributed by atoms with Crippen LogP contribution in [-0.4, -0.2) is 26.1 Å². The van der Waals surface area contributed by atoms with E-state index in [1.165, 1.54) is 0 Å². The van der Waals surface area contributed by atoms with E-state index in [0.717, 1.165) is 39.1 Å². The quantitative estimate of drug-likeness (QED) is 0.312. The fraction of sp³-hybridized carbons (Fsp3) is 0.143. The number of benzene rings is 3. The van der Waals surface area contributed by atoms with Crippen LogP contribution in [-0.2, 0) is 4.79 Å². The Kier molecular flexibility index (Phi) is 5.74. The Balaban J connectivity index is 1.45. The first kappa shape index (κ1) is 22.3. The number of aromatic nitrogens is 4. The molecule has 174 valence electrons. The van der Waals surface area contributed by atoms with E-state index in [0.29, 0.717) is 5.95 Å². The number of amides is 1. The highest BCUT2D eigenvalue weighted by atomic mass is 16.2. The number of anilines is 4. The average molecular weight is 463 g/mol. The number of hydrogen-bond donors (Lipinski definition) is 2. The topological polar surface area (TPSA) is 86.8 Å². The molecule has 0 saturated heterocycles. The van der Waals surface area contributed by atoms with Gasteiger partial charge in [0.25, 0.3) is 0 Å². The molecule has 7 heteroatoms. The molecule has 2 aromatic heterocycles. The normalized spacial score (nSPS) is 11.4. The van der Waals surface area contributed by atoms with E-state index in [1.807, 2.05) is 99.8 Å². The van der Waals surface area contributed by atoms with E-state index >= 15 is 0 Å². The zero-order chi connectivity index (χ0) is 24.4. The van der Waals surface area contributed by atoms with Gasteiger partial charge in [-0.3, -0.25) is 14.8 Å². The van der Waals surface area contributed by atoms with Crippen LogP contribution in [0.25, 0.3) is 22.0 Å². The summed E-state index contributed by atoms with van der Waals surface area (Å²) in [6.07, 6.45) is 5.44. The molecule has 3 aromatic carbocycles. The number of aromatic amines is 1. The second-order valence-electron chi connectivity index (χ2n) is 9.36. The van der Waals surface area contributed by atoms with Crippen molar-refractivity contribution in [1.82, 2.24) is 20.2 Å². The molecule has 2 heterocycles. The third-order valence-electron chi connectivity index (χ3n) is 5.63. The number of fused-ring (bicyclic) bond motifs is 1. The number of para-hydroxylation sites is 1. The monoisotopic (exact) mass is 462 g/mol. The zero-order valence-electron chi connectivity index (χ0n) is 19.9. The number of H-pyrrole nitrogens is 1. The highest BCUT2D eigenvalue weighted by Crippen LogP contribution is 2.33. The van der Waals surface area contributed by atoms with Crippen molar-refractivity contribution in [3.05, 3.63) is 91.4 Å². The predicted octanol–water partition coefficient (Wildman–Crippen LogP) is 6.47. The molecule has 5 rings (SSSR count). The number of hydrogen-bond acceptors (Lipinski definition) is 5. The molecule has 0 aliphatic heterocycles. The second-order valence-corrected chi connectivity index (χ2v) is 9.36. The van der Waals surface area contributed by atoms with Crippen molar-refractivity contribution in [2.45, 2.75) is 20.8 Å². The van der Waals surface area contributed by atoms with Crippen LogP contribution in [0.5, 0.6) is 0 Å². The molecule has 0 aliphatic carbocycles. The van der Waals surface area contributed by atoms with Crippen molar-refractivity contribution in [2.75, 3.05) is 10.2 Å². The number of carbonyl (C=O) groups is 1. The molecule has 5 aromatic rings. The van der Waals surface area contributed by atoms with Crippen molar-refractivity contribution >= 4 is 39.8 Å². The first-order valence-electron chi connectivity index (χ1n) is 11.4. The predicted molar refractivity (Wildman–Crippen MR) is 140 cm³/mol. The van der Waals surface area contributed by atoms with Gasteiger partial charge in [0.05, 0.1) is 17.4 Å². The molecular weight excluding hydrogens is 436 g/mol. The minimum Gasteiger partial charge on any atom is -0.324 e. The summed E-state index contributed by atoms with van der Waals surface area (Å²) >= 11 is 0. The van der Waals surface area contributed by atoms with Crippen molar-refractivity contribution < 1.29 is 4.79 Å². The summed E-state index contributed by atoms with van der Waals surface area (Å²) in [7, 11) is 0. The molecule has 0 aliphatic rings. The maximum absolute atomic E-state index is 13.4. The third-order valence-corrected chi connectivity index (χ3v) is 5.63. The molecule has 0 saturated carbocycles. The van der Waals surface area contributed by atoms with Crippen LogP contribution in [0.4, 0.5) is 23.0 Å². The lowest BCUT2D eigenvalue weighted by Gasteiger charge is -2.30. The minimum atomic E-state index is -0.546. The lowest BCUT2D eigenvalue weighted by atomic mass is 9.94. The van der Waals surface area contributed by atoms with Crippen LogP contribution < -0.4 is 10.2 Å². The average Bonchev–Trinajstić information content (AvgIpc) is 3.39. The summed E-state index contributed by atoms with van der Waals surface area (Å²) < 4.78 is 0. The molecule has 0 spiro atoms. The molecule has 0 radical (unpaired) electrons. The molecular formula is C28H26N6O. The van der Waals surface area contributed by atoms with E-state index < -0.39 is 5.41 Å². The highest BCUT2D eigenvalue weighted by molar-refractivity contribution is 6.03. The van der Waals surface area contributed by atoms with E-state index in [1.54, 1.807) is 17.3 Å². The summed E-state index contributed by atoms with van der Waals surface area (Å²) in [6.45, 7) is 5.77. The van der Waals surface area contributed by atoms with Crippen LogP contribution in [0.2, 0.25) is 0 Å². The fourth-order valence-electron chi connectivity index (χ4n) is 3.83. The van der Waals surface area contributed by atoms with Gasteiger partial charge in [0.1, 0.15) is 0 Å². The van der Waals surface area contributed by atoms with Gasteiger partial charge in [-0.05, 0) is 48.0 Å². The van der Waals surface area contributed by atoms with Gasteiger partial charge in [0, 0.05) is 40.1 Å². The summed E-state index contributed by atoms with van der Waals surface area (Å²) in [5, 5.41) is 11.1. The Morgan fingerprint density at radius 1 is 0.886 bits per heavy atom. The third kappa shape index (κ3) is 4.75. The van der Waals surface area contributed by atoms with Gasteiger partial charge >= 0.3 is 0 Å². The molecule has 0 unspecified atom stereocenters. The van der Waals surface area contributed by atoms with Gasteiger partial charge in [-0.15, -0.1) is 0 Å². The first-order valence-corrected chi connectivity index (χ1v) is 11.4. The van der Waals surface area contributed by atoms with E-state index in [2.05, 4.69) is 25.5 Å². The fourth-order valence-corrected chi connectivity index (χ4v) is 3.83. The lowest BCUT2D eigenvalue weighted by Crippen LogP contribution is -2.36. The van der Waals surface area contributed by atoms with Crippen molar-refractivity contribution in [2.24, 2.45) is 5.41 Å². The van der Waals surface area contributed by atoms with Crippen LogP contribution >= 0.6 is 0 Å². The number of nitrogens with one attached hydrogen (secondary N) is 2. The molecule has 35 heavy (non-hydrogen) atoms. The van der Waals surface area contributed by atoms with E-state index in [9.17, 15) is 4.79 Å². The Labute approximate surface area is 203 Å². The largest absolute Gasteiger partial charge is 0.324 e. The highest BCUT2D eigenvalue weighted by Gasteiger charge is 2.29. The Morgan fingerprint density at radius 2 is 1.69 bits per heavy atom. The molecule has 0 fully saturated rings. The van der Waals surface area contributed by atoms with Gasteiger partial charge in [-0.1, -0.05) is 51.1 Å². The molecule has 2 N–H and O–H groups in total. The Morgan fingerprint density at radius 3 is 2.43 bits per heavy atom. The number of nitrogens with zero attached hydrogens (tertiary/aromatic N) is 4. The number of carbonyl (C=O) groups excluding carboxylic acids is 1. The Hall–Kier alpha value is -4.52. The van der Waals surface area contributed by atoms with Gasteiger partial charge in [-0.2, -0.15) is 5.10 Å². The summed E-state index contributed by atoms with van der Waals surface area (Å²) in [5.41, 5.74) is 4.73. The van der Waals surface area contributed by atoms with E-state index in [-0.39, 0.29) is 5.91 Å². The van der Waals surface area contributed by atoms with Crippen LogP contribution in [0.1, 0.15) is 20.8 Å².